The fourth-order valence-electron chi connectivity index (χ4n) is 2.46. The number of benzene rings is 1. The molecule has 3 rings (SSSR count). The number of hydrogen-bond acceptors (Lipinski definition) is 7. The number of aromatic nitrogens is 4. The van der Waals surface area contributed by atoms with E-state index in [1.807, 2.05) is 6.92 Å². The van der Waals surface area contributed by atoms with Gasteiger partial charge in [0.25, 0.3) is 5.91 Å². The van der Waals surface area contributed by atoms with Gasteiger partial charge in [-0.3, -0.25) is 14.9 Å². The van der Waals surface area contributed by atoms with E-state index in [9.17, 15) is 9.59 Å². The summed E-state index contributed by atoms with van der Waals surface area (Å²) >= 11 is 1.29. The van der Waals surface area contributed by atoms with Crippen LogP contribution < -0.4 is 15.5 Å². The molecule has 0 bridgehead atoms. The summed E-state index contributed by atoms with van der Waals surface area (Å²) in [6.07, 6.45) is 2.29. The Bertz CT molecular complexity index is 1010. The Morgan fingerprint density at radius 1 is 1.21 bits per heavy atom. The van der Waals surface area contributed by atoms with E-state index in [2.05, 4.69) is 34.5 Å². The number of amides is 1. The normalized spacial score (nSPS) is 10.9. The first-order valence-electron chi connectivity index (χ1n) is 8.93. The summed E-state index contributed by atoms with van der Waals surface area (Å²) in [5, 5.41) is 16.0. The molecule has 3 aromatic rings. The van der Waals surface area contributed by atoms with Crippen molar-refractivity contribution in [3.63, 3.8) is 0 Å². The molecule has 1 N–H and O–H groups in total. The summed E-state index contributed by atoms with van der Waals surface area (Å²) in [5.41, 5.74) is 0.0243. The lowest BCUT2D eigenvalue weighted by molar-refractivity contribution is 0.101. The number of rotatable bonds is 7. The zero-order valence-corrected chi connectivity index (χ0v) is 16.7. The molecule has 2 aromatic heterocycles. The van der Waals surface area contributed by atoms with E-state index in [1.54, 1.807) is 24.3 Å². The second-order valence-corrected chi connectivity index (χ2v) is 7.52. The Hall–Kier alpha value is -3.07. The molecule has 0 radical (unpaired) electrons. The summed E-state index contributed by atoms with van der Waals surface area (Å²) in [6, 6.07) is 8.51. The lowest BCUT2D eigenvalue weighted by Gasteiger charge is -2.08. The molecular formula is C19H21N5O3S. The summed E-state index contributed by atoms with van der Waals surface area (Å²) in [7, 11) is 0. The van der Waals surface area contributed by atoms with Crippen LogP contribution in [0.25, 0.3) is 5.69 Å². The smallest absolute Gasteiger partial charge is 0.282 e. The van der Waals surface area contributed by atoms with Gasteiger partial charge in [-0.2, -0.15) is 5.10 Å². The molecule has 0 aliphatic heterocycles. The Morgan fingerprint density at radius 3 is 2.64 bits per heavy atom. The standard InChI is InChI=1S/C19H21N5O3S/c1-4-27-14-7-5-13(6-8-14)24-10-9-15(25)17(23-24)18(26)20-19-22-21-16(28-19)11-12(2)3/h5-10,12H,4,11H2,1-3H3,(H,20,22,26). The maximum atomic E-state index is 12.5. The Labute approximate surface area is 166 Å². The fraction of sp³-hybridized carbons (Fsp3) is 0.316. The van der Waals surface area contributed by atoms with Crippen LogP contribution in [0.1, 0.15) is 36.3 Å². The van der Waals surface area contributed by atoms with E-state index in [4.69, 9.17) is 4.74 Å². The van der Waals surface area contributed by atoms with Crippen LogP contribution in [0.15, 0.2) is 41.3 Å². The van der Waals surface area contributed by atoms with Crippen LogP contribution in [-0.2, 0) is 6.42 Å². The second kappa shape index (κ2) is 8.75. The van der Waals surface area contributed by atoms with Crippen molar-refractivity contribution in [3.05, 3.63) is 57.5 Å². The molecule has 0 saturated carbocycles. The molecule has 0 atom stereocenters. The molecular weight excluding hydrogens is 378 g/mol. The second-order valence-electron chi connectivity index (χ2n) is 6.45. The predicted molar refractivity (Wildman–Crippen MR) is 107 cm³/mol. The van der Waals surface area contributed by atoms with E-state index in [0.717, 1.165) is 17.2 Å². The monoisotopic (exact) mass is 399 g/mol. The van der Waals surface area contributed by atoms with Crippen LogP contribution in [0.3, 0.4) is 0 Å². The molecule has 2 heterocycles. The molecule has 0 spiro atoms. The average molecular weight is 399 g/mol. The molecule has 0 fully saturated rings. The molecule has 0 aliphatic carbocycles. The van der Waals surface area contributed by atoms with Crippen LogP contribution in [0.5, 0.6) is 5.75 Å². The van der Waals surface area contributed by atoms with Crippen LogP contribution in [-0.4, -0.2) is 32.5 Å². The van der Waals surface area contributed by atoms with Crippen molar-refractivity contribution in [1.29, 1.82) is 0 Å². The van der Waals surface area contributed by atoms with Gasteiger partial charge in [-0.1, -0.05) is 25.2 Å². The van der Waals surface area contributed by atoms with Crippen LogP contribution in [0.2, 0.25) is 0 Å². The number of ether oxygens (including phenoxy) is 1. The van der Waals surface area contributed by atoms with Crippen molar-refractivity contribution >= 4 is 22.4 Å². The molecule has 1 amide bonds. The highest BCUT2D eigenvalue weighted by Gasteiger charge is 2.16. The van der Waals surface area contributed by atoms with Gasteiger partial charge in [0, 0.05) is 18.7 Å². The van der Waals surface area contributed by atoms with E-state index in [1.165, 1.54) is 28.3 Å². The Kier molecular flexibility index (Phi) is 6.15. The molecule has 0 unspecified atom stereocenters. The SMILES string of the molecule is CCOc1ccc(-n2ccc(=O)c(C(=O)Nc3nnc(CC(C)C)s3)n2)cc1. The number of carbonyl (C=O) groups excluding carboxylic acids is 1. The van der Waals surface area contributed by atoms with Crippen molar-refractivity contribution in [1.82, 2.24) is 20.0 Å². The topological polar surface area (TPSA) is 99.0 Å². The summed E-state index contributed by atoms with van der Waals surface area (Å²) in [5.74, 6) is 0.560. The largest absolute Gasteiger partial charge is 0.494 e. The Morgan fingerprint density at radius 2 is 1.96 bits per heavy atom. The summed E-state index contributed by atoms with van der Waals surface area (Å²) < 4.78 is 6.88. The van der Waals surface area contributed by atoms with E-state index in [-0.39, 0.29) is 5.69 Å². The van der Waals surface area contributed by atoms with Crippen LogP contribution in [0.4, 0.5) is 5.13 Å². The highest BCUT2D eigenvalue weighted by atomic mass is 32.1. The molecule has 0 saturated heterocycles. The van der Waals surface area contributed by atoms with Gasteiger partial charge in [0.15, 0.2) is 5.69 Å². The van der Waals surface area contributed by atoms with Gasteiger partial charge in [0.05, 0.1) is 12.3 Å². The molecule has 8 nitrogen and oxygen atoms in total. The van der Waals surface area contributed by atoms with Gasteiger partial charge in [-0.15, -0.1) is 10.2 Å². The first-order valence-corrected chi connectivity index (χ1v) is 9.75. The lowest BCUT2D eigenvalue weighted by Crippen LogP contribution is -2.25. The zero-order chi connectivity index (χ0) is 20.1. The number of nitrogens with one attached hydrogen (secondary N) is 1. The third-order valence-corrected chi connectivity index (χ3v) is 4.57. The molecule has 0 aliphatic rings. The summed E-state index contributed by atoms with van der Waals surface area (Å²) in [4.78, 5) is 24.7. The highest BCUT2D eigenvalue weighted by Crippen LogP contribution is 2.19. The fourth-order valence-corrected chi connectivity index (χ4v) is 3.41. The first kappa shape index (κ1) is 19.7. The van der Waals surface area contributed by atoms with Gasteiger partial charge in [0.1, 0.15) is 10.8 Å². The minimum absolute atomic E-state index is 0.211. The van der Waals surface area contributed by atoms with E-state index in [0.29, 0.717) is 23.3 Å². The van der Waals surface area contributed by atoms with E-state index >= 15 is 0 Å². The van der Waals surface area contributed by atoms with Crippen LogP contribution in [0, 0.1) is 5.92 Å². The highest BCUT2D eigenvalue weighted by molar-refractivity contribution is 7.15. The van der Waals surface area contributed by atoms with Crippen molar-refractivity contribution < 1.29 is 9.53 Å². The predicted octanol–water partition coefficient (Wildman–Crippen LogP) is 2.93. The quantitative estimate of drug-likeness (QED) is 0.656. The summed E-state index contributed by atoms with van der Waals surface area (Å²) in [6.45, 7) is 6.64. The third kappa shape index (κ3) is 4.80. The van der Waals surface area contributed by atoms with Crippen molar-refractivity contribution in [2.75, 3.05) is 11.9 Å². The Balaban J connectivity index is 1.79. The molecule has 9 heteroatoms. The van der Waals surface area contributed by atoms with Gasteiger partial charge < -0.3 is 4.74 Å². The van der Waals surface area contributed by atoms with Crippen molar-refractivity contribution in [3.8, 4) is 11.4 Å². The minimum Gasteiger partial charge on any atom is -0.494 e. The minimum atomic E-state index is -0.613. The van der Waals surface area contributed by atoms with E-state index < -0.39 is 11.3 Å². The molecule has 28 heavy (non-hydrogen) atoms. The number of nitrogens with zero attached hydrogens (tertiary/aromatic N) is 4. The van der Waals surface area contributed by atoms with Gasteiger partial charge in [-0.25, -0.2) is 4.68 Å². The number of carbonyl (C=O) groups is 1. The first-order chi connectivity index (χ1) is 13.5. The lowest BCUT2D eigenvalue weighted by atomic mass is 10.1. The zero-order valence-electron chi connectivity index (χ0n) is 15.9. The number of anilines is 1. The van der Waals surface area contributed by atoms with Crippen LogP contribution >= 0.6 is 11.3 Å². The van der Waals surface area contributed by atoms with Crippen molar-refractivity contribution in [2.24, 2.45) is 5.92 Å². The maximum Gasteiger partial charge on any atom is 0.282 e. The average Bonchev–Trinajstić information content (AvgIpc) is 3.09. The third-order valence-electron chi connectivity index (χ3n) is 3.71. The molecule has 1 aromatic carbocycles. The van der Waals surface area contributed by atoms with Crippen molar-refractivity contribution in [2.45, 2.75) is 27.2 Å². The van der Waals surface area contributed by atoms with Gasteiger partial charge in [0.2, 0.25) is 10.6 Å². The van der Waals surface area contributed by atoms with Gasteiger partial charge in [-0.05, 0) is 37.1 Å². The number of hydrogen-bond donors (Lipinski definition) is 1. The maximum absolute atomic E-state index is 12.5. The molecule has 146 valence electrons. The van der Waals surface area contributed by atoms with Gasteiger partial charge >= 0.3 is 0 Å².